The third-order valence-electron chi connectivity index (χ3n) is 7.28. The van der Waals surface area contributed by atoms with Crippen molar-refractivity contribution in [2.24, 2.45) is 0 Å². The topological polar surface area (TPSA) is 157 Å². The first-order valence-electron chi connectivity index (χ1n) is 14.9. The largest absolute Gasteiger partial charge is 0.508 e. The molecule has 1 heterocycles. The number of aliphatic hydroxyl groups is 2. The van der Waals surface area contributed by atoms with Crippen molar-refractivity contribution in [3.63, 3.8) is 0 Å². The van der Waals surface area contributed by atoms with E-state index in [1.807, 2.05) is 42.5 Å². The Morgan fingerprint density at radius 3 is 2.39 bits per heavy atom. The summed E-state index contributed by atoms with van der Waals surface area (Å²) >= 11 is 0. The number of benzene rings is 3. The first-order valence-corrected chi connectivity index (χ1v) is 14.9. The number of ether oxygens (including phenoxy) is 2. The number of aromatic nitrogens is 2. The molecule has 1 aromatic heterocycles. The van der Waals surface area contributed by atoms with Crippen molar-refractivity contribution < 1.29 is 24.8 Å². The molecule has 0 amide bonds. The molecule has 4 aromatic rings. The maximum absolute atomic E-state index is 12.2. The monoisotopic (exact) mass is 603 g/mol. The first kappa shape index (κ1) is 32.8. The number of nitrogens with one attached hydrogen (secondary N) is 3. The number of unbranched alkanes of at least 4 members (excludes halogenated alkanes) is 3. The highest BCUT2D eigenvalue weighted by atomic mass is 16.5. The van der Waals surface area contributed by atoms with E-state index in [0.717, 1.165) is 54.5 Å². The molecule has 0 aliphatic carbocycles. The summed E-state index contributed by atoms with van der Waals surface area (Å²) in [5.41, 5.74) is 4.23. The van der Waals surface area contributed by atoms with Crippen molar-refractivity contribution in [1.29, 1.82) is 0 Å². The Bertz CT molecular complexity index is 1580. The molecule has 10 heteroatoms. The molecule has 0 aliphatic rings. The summed E-state index contributed by atoms with van der Waals surface area (Å²) in [6.07, 6.45) is 4.84. The molecule has 0 spiro atoms. The van der Waals surface area contributed by atoms with E-state index in [1.54, 1.807) is 12.1 Å². The minimum absolute atomic E-state index is 0.0283. The van der Waals surface area contributed by atoms with Gasteiger partial charge < -0.3 is 35.1 Å². The predicted octanol–water partition coefficient (Wildman–Crippen LogP) is 4.01. The van der Waals surface area contributed by atoms with Gasteiger partial charge in [0.15, 0.2) is 0 Å². The SMILES string of the molecule is O=c1[nH]cc(-c2cccc(-c3cccc(COCCOCCCCCCNC[C@H](O)c4ccc(O)c(CO)c4)c3)c2)c(=O)[nH]1. The molecule has 0 saturated heterocycles. The molecule has 3 aromatic carbocycles. The Labute approximate surface area is 256 Å². The third kappa shape index (κ3) is 10.0. The number of hydrogen-bond acceptors (Lipinski definition) is 8. The highest BCUT2D eigenvalue weighted by Crippen LogP contribution is 2.25. The van der Waals surface area contributed by atoms with Gasteiger partial charge in [0.05, 0.1) is 38.1 Å². The van der Waals surface area contributed by atoms with E-state index in [4.69, 9.17) is 9.47 Å². The van der Waals surface area contributed by atoms with Crippen molar-refractivity contribution in [3.8, 4) is 28.0 Å². The van der Waals surface area contributed by atoms with Crippen LogP contribution in [0.1, 0.15) is 48.5 Å². The smallest absolute Gasteiger partial charge is 0.325 e. The Morgan fingerprint density at radius 1 is 0.818 bits per heavy atom. The molecular weight excluding hydrogens is 562 g/mol. The van der Waals surface area contributed by atoms with Gasteiger partial charge in [-0.05, 0) is 71.5 Å². The fraction of sp³-hybridized carbons (Fsp3) is 0.353. The second-order valence-corrected chi connectivity index (χ2v) is 10.6. The highest BCUT2D eigenvalue weighted by molar-refractivity contribution is 5.72. The lowest BCUT2D eigenvalue weighted by Crippen LogP contribution is -2.22. The van der Waals surface area contributed by atoms with Gasteiger partial charge in [0, 0.05) is 24.9 Å². The van der Waals surface area contributed by atoms with Crippen LogP contribution in [0, 0.1) is 0 Å². The van der Waals surface area contributed by atoms with Gasteiger partial charge in [-0.15, -0.1) is 0 Å². The van der Waals surface area contributed by atoms with Crippen LogP contribution < -0.4 is 16.6 Å². The van der Waals surface area contributed by atoms with Crippen molar-refractivity contribution in [2.45, 2.75) is 45.0 Å². The molecule has 4 rings (SSSR count). The van der Waals surface area contributed by atoms with Gasteiger partial charge in [0.25, 0.3) is 5.56 Å². The predicted molar refractivity (Wildman–Crippen MR) is 169 cm³/mol. The summed E-state index contributed by atoms with van der Waals surface area (Å²) in [7, 11) is 0. The molecule has 0 unspecified atom stereocenters. The van der Waals surface area contributed by atoms with Gasteiger partial charge in [-0.2, -0.15) is 0 Å². The number of hydrogen-bond donors (Lipinski definition) is 6. The molecule has 1 atom stereocenters. The summed E-state index contributed by atoms with van der Waals surface area (Å²) in [4.78, 5) is 28.3. The van der Waals surface area contributed by atoms with Crippen molar-refractivity contribution >= 4 is 0 Å². The van der Waals surface area contributed by atoms with Gasteiger partial charge in [-0.3, -0.25) is 9.78 Å². The number of aromatic hydroxyl groups is 1. The molecule has 234 valence electrons. The quantitative estimate of drug-likeness (QED) is 0.0932. The number of aromatic amines is 2. The van der Waals surface area contributed by atoms with Crippen molar-refractivity contribution in [3.05, 3.63) is 110 Å². The van der Waals surface area contributed by atoms with Gasteiger partial charge in [-0.1, -0.05) is 55.3 Å². The average Bonchev–Trinajstić information content (AvgIpc) is 3.03. The molecule has 0 bridgehead atoms. The van der Waals surface area contributed by atoms with Crippen molar-refractivity contribution in [2.75, 3.05) is 32.9 Å². The Hall–Kier alpha value is -4.06. The number of aliphatic hydroxyl groups excluding tert-OH is 2. The lowest BCUT2D eigenvalue weighted by Gasteiger charge is -2.14. The summed E-state index contributed by atoms with van der Waals surface area (Å²) in [5, 5.41) is 32.5. The molecular formula is C34H41N3O7. The molecule has 0 saturated carbocycles. The minimum Gasteiger partial charge on any atom is -0.508 e. The molecule has 0 aliphatic heterocycles. The fourth-order valence-corrected chi connectivity index (χ4v) is 4.84. The summed E-state index contributed by atoms with van der Waals surface area (Å²) in [6.45, 7) is 3.14. The van der Waals surface area contributed by atoms with Gasteiger partial charge in [0.1, 0.15) is 5.75 Å². The van der Waals surface area contributed by atoms with E-state index in [2.05, 4.69) is 21.4 Å². The number of H-pyrrole nitrogens is 2. The summed E-state index contributed by atoms with van der Waals surface area (Å²) in [6, 6.07) is 20.5. The Balaban J connectivity index is 1.06. The van der Waals surface area contributed by atoms with Crippen molar-refractivity contribution in [1.82, 2.24) is 15.3 Å². The maximum atomic E-state index is 12.2. The van der Waals surface area contributed by atoms with Crippen LogP contribution in [0.2, 0.25) is 0 Å². The van der Waals surface area contributed by atoms with E-state index in [-0.39, 0.29) is 12.4 Å². The Morgan fingerprint density at radius 2 is 1.57 bits per heavy atom. The van der Waals surface area contributed by atoms with E-state index < -0.39 is 17.4 Å². The Kier molecular flexibility index (Phi) is 12.9. The van der Waals surface area contributed by atoms with Crippen LogP contribution in [0.3, 0.4) is 0 Å². The zero-order valence-electron chi connectivity index (χ0n) is 24.8. The van der Waals surface area contributed by atoms with Gasteiger partial charge in [-0.25, -0.2) is 4.79 Å². The van der Waals surface area contributed by atoms with Crippen LogP contribution >= 0.6 is 0 Å². The fourth-order valence-electron chi connectivity index (χ4n) is 4.84. The normalized spacial score (nSPS) is 12.0. The number of rotatable bonds is 18. The molecule has 0 fully saturated rings. The van der Waals surface area contributed by atoms with E-state index in [9.17, 15) is 24.9 Å². The third-order valence-corrected chi connectivity index (χ3v) is 7.28. The molecule has 0 radical (unpaired) electrons. The van der Waals surface area contributed by atoms with Crippen LogP contribution in [0.5, 0.6) is 5.75 Å². The molecule has 6 N–H and O–H groups in total. The van der Waals surface area contributed by atoms with E-state index >= 15 is 0 Å². The second-order valence-electron chi connectivity index (χ2n) is 10.6. The van der Waals surface area contributed by atoms with Crippen LogP contribution in [-0.4, -0.2) is 58.2 Å². The molecule has 44 heavy (non-hydrogen) atoms. The van der Waals surface area contributed by atoms with E-state index in [0.29, 0.717) is 49.7 Å². The first-order chi connectivity index (χ1) is 21.4. The maximum Gasteiger partial charge on any atom is 0.325 e. The van der Waals surface area contributed by atoms with Crippen LogP contribution in [0.25, 0.3) is 22.3 Å². The lowest BCUT2D eigenvalue weighted by molar-refractivity contribution is 0.0393. The van der Waals surface area contributed by atoms with Crippen LogP contribution in [0.4, 0.5) is 0 Å². The lowest BCUT2D eigenvalue weighted by atomic mass is 9.99. The summed E-state index contributed by atoms with van der Waals surface area (Å²) < 4.78 is 11.5. The standard InChI is InChI=1S/C34H41N3O7/c38-22-29-19-28(11-12-31(29)39)32(40)21-35-13-3-1-2-4-14-43-15-16-44-23-24-7-5-8-25(17-24)26-9-6-10-27(18-26)30-20-36-34(42)37-33(30)41/h5-12,17-20,32,35,38-40H,1-4,13-16,21-23H2,(H2,36,37,41,42)/t32-/m0/s1. The van der Waals surface area contributed by atoms with Crippen LogP contribution in [0.15, 0.2) is 82.5 Å². The zero-order valence-corrected chi connectivity index (χ0v) is 24.8. The van der Waals surface area contributed by atoms with Gasteiger partial charge >= 0.3 is 5.69 Å². The van der Waals surface area contributed by atoms with E-state index in [1.165, 1.54) is 12.3 Å². The van der Waals surface area contributed by atoms with Crippen LogP contribution in [-0.2, 0) is 22.7 Å². The minimum atomic E-state index is -0.694. The second kappa shape index (κ2) is 17.3. The summed E-state index contributed by atoms with van der Waals surface area (Å²) in [5.74, 6) is 0.0283. The molecule has 10 nitrogen and oxygen atoms in total. The average molecular weight is 604 g/mol. The zero-order chi connectivity index (χ0) is 31.1. The highest BCUT2D eigenvalue weighted by Gasteiger charge is 2.10. The van der Waals surface area contributed by atoms with Gasteiger partial charge in [0.2, 0.25) is 0 Å². The number of phenols is 1.